The van der Waals surface area contributed by atoms with Crippen LogP contribution >= 0.6 is 24.0 Å². The van der Waals surface area contributed by atoms with Gasteiger partial charge in [-0.1, -0.05) is 0 Å². The van der Waals surface area contributed by atoms with Gasteiger partial charge in [-0.25, -0.2) is 8.42 Å². The second kappa shape index (κ2) is 11.0. The SMILES string of the molecule is CCNC(=NCCCCN1CCOCC1)N1CCS(=O)(=O)C(C)(C)C1.I. The molecule has 2 fully saturated rings. The molecular weight excluding hydrogens is 467 g/mol. The number of morpholine rings is 1. The van der Waals surface area contributed by atoms with E-state index in [0.717, 1.165) is 64.7 Å². The maximum Gasteiger partial charge on any atom is 0.193 e. The second-order valence-corrected chi connectivity index (χ2v) is 10.1. The number of ether oxygens (including phenoxy) is 1. The molecule has 9 heteroatoms. The molecule has 0 radical (unpaired) electrons. The molecule has 0 spiro atoms. The Labute approximate surface area is 175 Å². The number of hydrogen-bond donors (Lipinski definition) is 1. The fourth-order valence-corrected chi connectivity index (χ4v) is 4.57. The minimum Gasteiger partial charge on any atom is -0.379 e. The van der Waals surface area contributed by atoms with E-state index in [4.69, 9.17) is 9.73 Å². The predicted molar refractivity (Wildman–Crippen MR) is 117 cm³/mol. The minimum atomic E-state index is -3.02. The maximum absolute atomic E-state index is 12.2. The van der Waals surface area contributed by atoms with Crippen molar-refractivity contribution in [3.8, 4) is 0 Å². The van der Waals surface area contributed by atoms with E-state index >= 15 is 0 Å². The number of halogens is 1. The minimum absolute atomic E-state index is 0. The number of unbranched alkanes of at least 4 members (excludes halogenated alkanes) is 1. The lowest BCUT2D eigenvalue weighted by molar-refractivity contribution is 0.0373. The Hall–Kier alpha value is -0.130. The fourth-order valence-electron chi connectivity index (χ4n) is 3.21. The number of aliphatic imine (C=N–C) groups is 1. The highest BCUT2D eigenvalue weighted by molar-refractivity contribution is 14.0. The summed E-state index contributed by atoms with van der Waals surface area (Å²) >= 11 is 0. The lowest BCUT2D eigenvalue weighted by Gasteiger charge is -2.39. The molecule has 0 bridgehead atoms. The Morgan fingerprint density at radius 3 is 2.50 bits per heavy atom. The standard InChI is InChI=1S/C17H34N4O3S.HI/c1-4-18-16(21-11-14-25(22,23)17(2,3)15-21)19-7-5-6-8-20-9-12-24-13-10-20;/h4-15H2,1-3H3,(H,18,19);1H. The predicted octanol–water partition coefficient (Wildman–Crippen LogP) is 1.19. The van der Waals surface area contributed by atoms with Crippen molar-refractivity contribution in [3.63, 3.8) is 0 Å². The second-order valence-electron chi connectivity index (χ2n) is 7.40. The van der Waals surface area contributed by atoms with Crippen molar-refractivity contribution in [2.75, 3.05) is 64.8 Å². The van der Waals surface area contributed by atoms with Gasteiger partial charge < -0.3 is 15.0 Å². The van der Waals surface area contributed by atoms with Gasteiger partial charge >= 0.3 is 0 Å². The Morgan fingerprint density at radius 2 is 1.88 bits per heavy atom. The molecule has 1 N–H and O–H groups in total. The highest BCUT2D eigenvalue weighted by atomic mass is 127. The lowest BCUT2D eigenvalue weighted by atomic mass is 10.2. The summed E-state index contributed by atoms with van der Waals surface area (Å²) in [4.78, 5) is 9.26. The molecule has 2 rings (SSSR count). The van der Waals surface area contributed by atoms with Crippen LogP contribution in [0.2, 0.25) is 0 Å². The largest absolute Gasteiger partial charge is 0.379 e. The fraction of sp³-hybridized carbons (Fsp3) is 0.941. The van der Waals surface area contributed by atoms with E-state index in [1.165, 1.54) is 0 Å². The summed E-state index contributed by atoms with van der Waals surface area (Å²) in [5.41, 5.74) is 0. The summed E-state index contributed by atoms with van der Waals surface area (Å²) in [6, 6.07) is 0. The van der Waals surface area contributed by atoms with Gasteiger partial charge in [0.05, 0.1) is 23.7 Å². The van der Waals surface area contributed by atoms with Crippen LogP contribution in [0, 0.1) is 0 Å². The Balaban J connectivity index is 0.00000338. The molecule has 2 saturated heterocycles. The summed E-state index contributed by atoms with van der Waals surface area (Å²) in [6.45, 7) is 13.1. The molecule has 0 amide bonds. The third kappa shape index (κ3) is 6.79. The zero-order valence-electron chi connectivity index (χ0n) is 16.4. The molecule has 0 saturated carbocycles. The van der Waals surface area contributed by atoms with E-state index in [9.17, 15) is 8.42 Å². The highest BCUT2D eigenvalue weighted by Gasteiger charge is 2.40. The Kier molecular flexibility index (Phi) is 10.1. The van der Waals surface area contributed by atoms with Gasteiger partial charge in [-0.2, -0.15) is 0 Å². The van der Waals surface area contributed by atoms with E-state index in [1.807, 2.05) is 6.92 Å². The van der Waals surface area contributed by atoms with E-state index in [2.05, 4.69) is 15.1 Å². The van der Waals surface area contributed by atoms with Crippen LogP contribution in [0.15, 0.2) is 4.99 Å². The van der Waals surface area contributed by atoms with Crippen molar-refractivity contribution in [2.24, 2.45) is 4.99 Å². The molecule has 0 unspecified atom stereocenters. The molecule has 2 heterocycles. The van der Waals surface area contributed by atoms with Crippen molar-refractivity contribution in [1.29, 1.82) is 0 Å². The first-order valence-corrected chi connectivity index (χ1v) is 11.1. The topological polar surface area (TPSA) is 74.2 Å². The maximum atomic E-state index is 12.2. The monoisotopic (exact) mass is 502 g/mol. The molecule has 0 aromatic heterocycles. The number of rotatable bonds is 6. The van der Waals surface area contributed by atoms with Crippen LogP contribution in [0.5, 0.6) is 0 Å². The molecule has 2 aliphatic rings. The van der Waals surface area contributed by atoms with Gasteiger partial charge in [0.2, 0.25) is 0 Å². The molecular formula is C17H35IN4O3S. The summed E-state index contributed by atoms with van der Waals surface area (Å²) < 4.78 is 29.0. The van der Waals surface area contributed by atoms with Crippen molar-refractivity contribution in [2.45, 2.75) is 38.4 Å². The van der Waals surface area contributed by atoms with Crippen molar-refractivity contribution >= 4 is 39.8 Å². The van der Waals surface area contributed by atoms with E-state index in [0.29, 0.717) is 13.1 Å². The normalized spacial score (nSPS) is 23.3. The summed E-state index contributed by atoms with van der Waals surface area (Å²) in [6.07, 6.45) is 2.17. The number of hydrogen-bond acceptors (Lipinski definition) is 5. The molecule has 0 aromatic carbocycles. The first-order valence-electron chi connectivity index (χ1n) is 9.41. The van der Waals surface area contributed by atoms with E-state index < -0.39 is 14.6 Å². The molecule has 0 aliphatic carbocycles. The molecule has 0 atom stereocenters. The summed E-state index contributed by atoms with van der Waals surface area (Å²) in [5, 5.41) is 3.31. The van der Waals surface area contributed by atoms with Gasteiger partial charge in [0, 0.05) is 39.3 Å². The molecule has 0 aromatic rings. The van der Waals surface area contributed by atoms with Gasteiger partial charge in [-0.3, -0.25) is 9.89 Å². The number of nitrogens with one attached hydrogen (secondary N) is 1. The van der Waals surface area contributed by atoms with Crippen LogP contribution in [-0.2, 0) is 14.6 Å². The van der Waals surface area contributed by atoms with E-state index in [1.54, 1.807) is 13.8 Å². The van der Waals surface area contributed by atoms with Crippen LogP contribution in [-0.4, -0.2) is 93.7 Å². The van der Waals surface area contributed by atoms with Gasteiger partial charge in [-0.15, -0.1) is 24.0 Å². The van der Waals surface area contributed by atoms with Gasteiger partial charge in [0.25, 0.3) is 0 Å². The van der Waals surface area contributed by atoms with Gasteiger partial charge in [0.15, 0.2) is 15.8 Å². The Morgan fingerprint density at radius 1 is 1.19 bits per heavy atom. The third-order valence-corrected chi connectivity index (χ3v) is 7.46. The molecule has 2 aliphatic heterocycles. The summed E-state index contributed by atoms with van der Waals surface area (Å²) in [5.74, 6) is 1.04. The van der Waals surface area contributed by atoms with Crippen LogP contribution in [0.25, 0.3) is 0 Å². The number of nitrogens with zero attached hydrogens (tertiary/aromatic N) is 3. The first-order chi connectivity index (χ1) is 11.9. The first kappa shape index (κ1) is 23.9. The number of guanidine groups is 1. The molecule has 7 nitrogen and oxygen atoms in total. The molecule has 154 valence electrons. The lowest BCUT2D eigenvalue weighted by Crippen LogP contribution is -2.57. The smallest absolute Gasteiger partial charge is 0.193 e. The third-order valence-electron chi connectivity index (χ3n) is 4.93. The van der Waals surface area contributed by atoms with Crippen molar-refractivity contribution in [3.05, 3.63) is 0 Å². The molecule has 26 heavy (non-hydrogen) atoms. The van der Waals surface area contributed by atoms with Crippen LogP contribution in [0.3, 0.4) is 0 Å². The average Bonchev–Trinajstić information content (AvgIpc) is 2.57. The van der Waals surface area contributed by atoms with Gasteiger partial charge in [-0.05, 0) is 40.2 Å². The van der Waals surface area contributed by atoms with Crippen LogP contribution < -0.4 is 5.32 Å². The zero-order valence-corrected chi connectivity index (χ0v) is 19.5. The highest BCUT2D eigenvalue weighted by Crippen LogP contribution is 2.23. The van der Waals surface area contributed by atoms with Gasteiger partial charge in [0.1, 0.15) is 0 Å². The quantitative estimate of drug-likeness (QED) is 0.255. The average molecular weight is 502 g/mol. The number of sulfone groups is 1. The van der Waals surface area contributed by atoms with Crippen molar-refractivity contribution in [1.82, 2.24) is 15.1 Å². The zero-order chi connectivity index (χ0) is 18.3. The van der Waals surface area contributed by atoms with Crippen LogP contribution in [0.4, 0.5) is 0 Å². The summed E-state index contributed by atoms with van der Waals surface area (Å²) in [7, 11) is -3.02. The van der Waals surface area contributed by atoms with E-state index in [-0.39, 0.29) is 29.7 Å². The Bertz CT molecular complexity index is 548. The van der Waals surface area contributed by atoms with Crippen LogP contribution in [0.1, 0.15) is 33.6 Å². The van der Waals surface area contributed by atoms with Crippen molar-refractivity contribution < 1.29 is 13.2 Å².